The molecule has 84 valence electrons. The quantitative estimate of drug-likeness (QED) is 0.610. The van der Waals surface area contributed by atoms with Crippen molar-refractivity contribution in [2.75, 3.05) is 20.6 Å². The molecule has 0 unspecified atom stereocenters. The van der Waals surface area contributed by atoms with Gasteiger partial charge in [-0.25, -0.2) is 4.90 Å². The predicted molar refractivity (Wildman–Crippen MR) is 48.9 cm³/mol. The summed E-state index contributed by atoms with van der Waals surface area (Å²) in [7, 11) is 2.99. The number of hydrogen-bond donors (Lipinski definition) is 0. The van der Waals surface area contributed by atoms with Gasteiger partial charge in [-0.1, -0.05) is 0 Å². The number of hydrogen-bond acceptors (Lipinski definition) is 2. The molecule has 0 aromatic heterocycles. The molecule has 0 spiro atoms. The van der Waals surface area contributed by atoms with E-state index in [9.17, 15) is 13.2 Å². The predicted octanol–water partition coefficient (Wildman–Crippen LogP) is 1.92. The monoisotopic (exact) mass is 210 g/mol. The van der Waals surface area contributed by atoms with Gasteiger partial charge in [0.1, 0.15) is 0 Å². The van der Waals surface area contributed by atoms with Crippen molar-refractivity contribution in [3.8, 4) is 0 Å². The molecule has 0 aromatic carbocycles. The van der Waals surface area contributed by atoms with Crippen LogP contribution in [0.25, 0.3) is 0 Å². The summed E-state index contributed by atoms with van der Waals surface area (Å²) in [6.07, 6.45) is -3.66. The molecule has 1 aliphatic heterocycles. The second kappa shape index (κ2) is 3.38. The number of rotatable bonds is 1. The van der Waals surface area contributed by atoms with Gasteiger partial charge in [-0.3, -0.25) is 4.90 Å². The molecule has 1 aliphatic rings. The van der Waals surface area contributed by atoms with Gasteiger partial charge in [0.15, 0.2) is 0 Å². The maximum Gasteiger partial charge on any atom is 0.459 e. The van der Waals surface area contributed by atoms with Crippen LogP contribution in [0, 0.1) is 0 Å². The van der Waals surface area contributed by atoms with E-state index in [2.05, 4.69) is 0 Å². The first-order valence-electron chi connectivity index (χ1n) is 4.65. The van der Waals surface area contributed by atoms with Crippen molar-refractivity contribution in [1.82, 2.24) is 9.80 Å². The highest BCUT2D eigenvalue weighted by molar-refractivity contribution is 4.95. The average Bonchev–Trinajstić information content (AvgIpc) is 2.23. The van der Waals surface area contributed by atoms with E-state index in [4.69, 9.17) is 0 Å². The van der Waals surface area contributed by atoms with Crippen LogP contribution in [-0.4, -0.2) is 48.3 Å². The molecule has 1 fully saturated rings. The summed E-state index contributed by atoms with van der Waals surface area (Å²) in [6, 6.07) is -0.421. The van der Waals surface area contributed by atoms with E-state index in [0.717, 1.165) is 7.05 Å². The van der Waals surface area contributed by atoms with Gasteiger partial charge in [0.25, 0.3) is 0 Å². The molecule has 0 bridgehead atoms. The van der Waals surface area contributed by atoms with Gasteiger partial charge in [0, 0.05) is 18.1 Å². The average molecular weight is 210 g/mol. The number of alkyl halides is 3. The molecule has 0 amide bonds. The van der Waals surface area contributed by atoms with E-state index in [1.165, 1.54) is 0 Å². The van der Waals surface area contributed by atoms with Crippen molar-refractivity contribution in [2.45, 2.75) is 38.1 Å². The SMILES string of the molecule is CN([C@H]1CN(C)C(C)(C)C1)C(F)(F)F. The highest BCUT2D eigenvalue weighted by Crippen LogP contribution is 2.33. The number of likely N-dealkylation sites (tertiary alicyclic amines) is 1. The first kappa shape index (κ1) is 11.8. The van der Waals surface area contributed by atoms with Crippen molar-refractivity contribution in [3.05, 3.63) is 0 Å². The first-order valence-corrected chi connectivity index (χ1v) is 4.65. The molecule has 0 aliphatic carbocycles. The van der Waals surface area contributed by atoms with Gasteiger partial charge in [0.05, 0.1) is 0 Å². The zero-order chi connectivity index (χ0) is 11.1. The van der Waals surface area contributed by atoms with Crippen LogP contribution in [0.1, 0.15) is 20.3 Å². The Bertz CT molecular complexity index is 213. The summed E-state index contributed by atoms with van der Waals surface area (Å²) < 4.78 is 37.2. The summed E-state index contributed by atoms with van der Waals surface area (Å²) in [5.41, 5.74) is -0.135. The minimum atomic E-state index is -4.22. The molecular weight excluding hydrogens is 193 g/mol. The van der Waals surface area contributed by atoms with E-state index in [-0.39, 0.29) is 5.54 Å². The molecule has 1 heterocycles. The van der Waals surface area contributed by atoms with E-state index in [1.807, 2.05) is 25.8 Å². The fourth-order valence-corrected chi connectivity index (χ4v) is 1.83. The standard InChI is InChI=1S/C9H17F3N2/c1-8(2)5-7(6-13(8)3)14(4)9(10,11)12/h7H,5-6H2,1-4H3/t7-/m1/s1. The lowest BCUT2D eigenvalue weighted by Gasteiger charge is -2.27. The molecule has 0 aromatic rings. The lowest BCUT2D eigenvalue weighted by molar-refractivity contribution is -0.247. The summed E-state index contributed by atoms with van der Waals surface area (Å²) >= 11 is 0. The smallest absolute Gasteiger partial charge is 0.300 e. The molecule has 0 saturated carbocycles. The van der Waals surface area contributed by atoms with Crippen LogP contribution in [0.4, 0.5) is 13.2 Å². The van der Waals surface area contributed by atoms with Gasteiger partial charge in [0.2, 0.25) is 0 Å². The lowest BCUT2D eigenvalue weighted by Crippen LogP contribution is -2.43. The highest BCUT2D eigenvalue weighted by Gasteiger charge is 2.45. The molecule has 1 atom stereocenters. The van der Waals surface area contributed by atoms with Crippen LogP contribution in [-0.2, 0) is 0 Å². The second-order valence-electron chi connectivity index (χ2n) is 4.63. The number of likely N-dealkylation sites (N-methyl/N-ethyl adjacent to an activating group) is 2. The van der Waals surface area contributed by atoms with E-state index in [0.29, 0.717) is 17.9 Å². The fourth-order valence-electron chi connectivity index (χ4n) is 1.83. The Kier molecular flexibility index (Phi) is 2.84. The van der Waals surface area contributed by atoms with Crippen molar-refractivity contribution in [3.63, 3.8) is 0 Å². The normalized spacial score (nSPS) is 28.7. The van der Waals surface area contributed by atoms with Crippen LogP contribution >= 0.6 is 0 Å². The Balaban J connectivity index is 2.67. The Hall–Kier alpha value is -0.290. The third-order valence-corrected chi connectivity index (χ3v) is 3.20. The third-order valence-electron chi connectivity index (χ3n) is 3.20. The van der Waals surface area contributed by atoms with Crippen LogP contribution in [0.2, 0.25) is 0 Å². The Labute approximate surface area is 82.7 Å². The maximum absolute atomic E-state index is 12.4. The van der Waals surface area contributed by atoms with Crippen LogP contribution in [0.15, 0.2) is 0 Å². The molecule has 0 N–H and O–H groups in total. The minimum absolute atomic E-state index is 0.135. The van der Waals surface area contributed by atoms with Crippen LogP contribution < -0.4 is 0 Å². The van der Waals surface area contributed by atoms with Gasteiger partial charge in [-0.15, -0.1) is 0 Å². The minimum Gasteiger partial charge on any atom is -0.300 e. The van der Waals surface area contributed by atoms with E-state index in [1.54, 1.807) is 0 Å². The number of halogens is 3. The van der Waals surface area contributed by atoms with Gasteiger partial charge >= 0.3 is 6.30 Å². The fraction of sp³-hybridized carbons (Fsp3) is 1.00. The summed E-state index contributed by atoms with van der Waals surface area (Å²) in [4.78, 5) is 2.48. The van der Waals surface area contributed by atoms with Crippen LogP contribution in [0.5, 0.6) is 0 Å². The highest BCUT2D eigenvalue weighted by atomic mass is 19.4. The summed E-state index contributed by atoms with van der Waals surface area (Å²) in [5.74, 6) is 0. The van der Waals surface area contributed by atoms with Crippen molar-refractivity contribution in [2.24, 2.45) is 0 Å². The lowest BCUT2D eigenvalue weighted by atomic mass is 10.0. The van der Waals surface area contributed by atoms with E-state index < -0.39 is 12.3 Å². The third kappa shape index (κ3) is 2.20. The van der Waals surface area contributed by atoms with Gasteiger partial charge < -0.3 is 0 Å². The Morgan fingerprint density at radius 1 is 1.36 bits per heavy atom. The molecule has 14 heavy (non-hydrogen) atoms. The second-order valence-corrected chi connectivity index (χ2v) is 4.63. The zero-order valence-electron chi connectivity index (χ0n) is 9.02. The van der Waals surface area contributed by atoms with E-state index >= 15 is 0 Å². The molecule has 1 rings (SSSR count). The maximum atomic E-state index is 12.4. The summed E-state index contributed by atoms with van der Waals surface area (Å²) in [5, 5.41) is 0. The Morgan fingerprint density at radius 2 is 1.86 bits per heavy atom. The van der Waals surface area contributed by atoms with Gasteiger partial charge in [-0.05, 0) is 34.4 Å². The largest absolute Gasteiger partial charge is 0.459 e. The van der Waals surface area contributed by atoms with Gasteiger partial charge in [-0.2, -0.15) is 13.2 Å². The molecule has 5 heteroatoms. The molecular formula is C9H17F3N2. The molecule has 2 nitrogen and oxygen atoms in total. The van der Waals surface area contributed by atoms with Crippen molar-refractivity contribution in [1.29, 1.82) is 0 Å². The molecule has 1 saturated heterocycles. The Morgan fingerprint density at radius 3 is 2.14 bits per heavy atom. The van der Waals surface area contributed by atoms with Crippen molar-refractivity contribution < 1.29 is 13.2 Å². The van der Waals surface area contributed by atoms with Crippen LogP contribution in [0.3, 0.4) is 0 Å². The first-order chi connectivity index (χ1) is 6.14. The number of nitrogens with zero attached hydrogens (tertiary/aromatic N) is 2. The zero-order valence-corrected chi connectivity index (χ0v) is 9.02. The summed E-state index contributed by atoms with van der Waals surface area (Å²) in [6.45, 7) is 4.41. The van der Waals surface area contributed by atoms with Crippen molar-refractivity contribution >= 4 is 0 Å². The topological polar surface area (TPSA) is 6.48 Å². The molecule has 0 radical (unpaired) electrons.